The van der Waals surface area contributed by atoms with E-state index in [9.17, 15) is 23.1 Å². The second-order valence-electron chi connectivity index (χ2n) is 5.45. The first kappa shape index (κ1) is 18.4. The average molecular weight is 356 g/mol. The van der Waals surface area contributed by atoms with Crippen LogP contribution >= 0.6 is 0 Å². The third-order valence-corrected chi connectivity index (χ3v) is 5.36. The van der Waals surface area contributed by atoms with Gasteiger partial charge in [-0.15, -0.1) is 0 Å². The summed E-state index contributed by atoms with van der Waals surface area (Å²) in [5, 5.41) is 9.19. The lowest BCUT2D eigenvalue weighted by Gasteiger charge is -2.21. The van der Waals surface area contributed by atoms with Gasteiger partial charge in [0.05, 0.1) is 11.0 Å². The van der Waals surface area contributed by atoms with Gasteiger partial charge in [-0.3, -0.25) is 4.79 Å². The Morgan fingerprint density at radius 3 is 2.58 bits per heavy atom. The molecule has 1 aromatic rings. The monoisotopic (exact) mass is 356 g/mol. The van der Waals surface area contributed by atoms with Crippen LogP contribution in [0.2, 0.25) is 0 Å². The maximum absolute atomic E-state index is 12.2. The Morgan fingerprint density at radius 2 is 2.00 bits per heavy atom. The number of carboxylic acid groups (broad SMARTS) is 1. The van der Waals surface area contributed by atoms with Crippen molar-refractivity contribution in [3.63, 3.8) is 0 Å². The number of aliphatic carboxylic acids is 1. The van der Waals surface area contributed by atoms with E-state index in [0.29, 0.717) is 0 Å². The fourth-order valence-corrected chi connectivity index (χ4v) is 3.65. The van der Waals surface area contributed by atoms with E-state index in [0.717, 1.165) is 0 Å². The van der Waals surface area contributed by atoms with Crippen LogP contribution in [0.3, 0.4) is 0 Å². The highest BCUT2D eigenvalue weighted by molar-refractivity contribution is 7.89. The maximum atomic E-state index is 12.2. The van der Waals surface area contributed by atoms with E-state index in [1.54, 1.807) is 18.2 Å². The topological polar surface area (TPSA) is 113 Å². The molecule has 8 nitrogen and oxygen atoms in total. The van der Waals surface area contributed by atoms with Gasteiger partial charge < -0.3 is 14.7 Å². The lowest BCUT2D eigenvalue weighted by Crippen LogP contribution is -2.42. The molecular formula is C15H20N2O6S. The number of sulfonamides is 1. The summed E-state index contributed by atoms with van der Waals surface area (Å²) in [6, 6.07) is 6.88. The Balaban J connectivity index is 1.92. The molecule has 132 valence electrons. The summed E-state index contributed by atoms with van der Waals surface area (Å²) in [5.41, 5.74) is 0. The van der Waals surface area contributed by atoms with Crippen molar-refractivity contribution >= 4 is 21.9 Å². The number of amides is 1. The van der Waals surface area contributed by atoms with Crippen LogP contribution in [0.4, 0.5) is 0 Å². The van der Waals surface area contributed by atoms with Gasteiger partial charge in [0, 0.05) is 33.0 Å². The van der Waals surface area contributed by atoms with Crippen LogP contribution in [0, 0.1) is 0 Å². The van der Waals surface area contributed by atoms with Crippen molar-refractivity contribution in [3.8, 4) is 0 Å². The number of carbonyl (C=O) groups is 2. The molecule has 0 aromatic heterocycles. The van der Waals surface area contributed by atoms with E-state index in [2.05, 4.69) is 4.72 Å². The van der Waals surface area contributed by atoms with Crippen molar-refractivity contribution in [2.45, 2.75) is 29.9 Å². The Kier molecular flexibility index (Phi) is 5.92. The number of carbonyl (C=O) groups excluding carboxylic acids is 1. The summed E-state index contributed by atoms with van der Waals surface area (Å²) in [5.74, 6) is -1.51. The first-order valence-corrected chi connectivity index (χ1v) is 8.93. The Bertz CT molecular complexity index is 691. The quantitative estimate of drug-likeness (QED) is 0.714. The molecule has 1 aliphatic heterocycles. The molecule has 1 aliphatic rings. The van der Waals surface area contributed by atoms with E-state index < -0.39 is 27.9 Å². The van der Waals surface area contributed by atoms with Crippen LogP contribution in [-0.2, 0) is 24.3 Å². The van der Waals surface area contributed by atoms with Crippen molar-refractivity contribution < 1.29 is 27.9 Å². The molecule has 9 heteroatoms. The third-order valence-electron chi connectivity index (χ3n) is 3.89. The van der Waals surface area contributed by atoms with Gasteiger partial charge in [0.2, 0.25) is 15.9 Å². The minimum absolute atomic E-state index is 0.101. The molecule has 0 spiro atoms. The van der Waals surface area contributed by atoms with Crippen LogP contribution in [-0.4, -0.2) is 62.6 Å². The second kappa shape index (κ2) is 7.73. The molecule has 1 saturated heterocycles. The number of carboxylic acids is 1. The minimum Gasteiger partial charge on any atom is -0.480 e. The predicted molar refractivity (Wildman–Crippen MR) is 84.8 cm³/mol. The summed E-state index contributed by atoms with van der Waals surface area (Å²) in [6.45, 7) is 0.0916. The number of rotatable bonds is 7. The summed E-state index contributed by atoms with van der Waals surface area (Å²) in [6.07, 6.45) is -0.212. The molecule has 0 radical (unpaired) electrons. The molecule has 2 unspecified atom stereocenters. The number of nitrogens with one attached hydrogen (secondary N) is 1. The number of likely N-dealkylation sites (tertiary alicyclic amines) is 1. The second-order valence-corrected chi connectivity index (χ2v) is 7.22. The maximum Gasteiger partial charge on any atom is 0.326 e. The number of benzene rings is 1. The van der Waals surface area contributed by atoms with E-state index in [1.807, 2.05) is 0 Å². The van der Waals surface area contributed by atoms with Crippen molar-refractivity contribution in [2.75, 3.05) is 20.2 Å². The largest absolute Gasteiger partial charge is 0.480 e. The van der Waals surface area contributed by atoms with Crippen molar-refractivity contribution in [3.05, 3.63) is 30.3 Å². The molecule has 2 atom stereocenters. The van der Waals surface area contributed by atoms with Crippen LogP contribution in [0.5, 0.6) is 0 Å². The van der Waals surface area contributed by atoms with Gasteiger partial charge in [-0.25, -0.2) is 17.9 Å². The number of nitrogens with zero attached hydrogens (tertiary/aromatic N) is 1. The highest BCUT2D eigenvalue weighted by Gasteiger charge is 2.39. The van der Waals surface area contributed by atoms with Gasteiger partial charge in [-0.1, -0.05) is 18.2 Å². The lowest BCUT2D eigenvalue weighted by atomic mass is 10.2. The molecule has 2 N–H and O–H groups in total. The number of hydrogen-bond donors (Lipinski definition) is 2. The van der Waals surface area contributed by atoms with Crippen molar-refractivity contribution in [1.82, 2.24) is 9.62 Å². The summed E-state index contributed by atoms with van der Waals surface area (Å²) in [4.78, 5) is 24.8. The lowest BCUT2D eigenvalue weighted by molar-refractivity contribution is -0.148. The summed E-state index contributed by atoms with van der Waals surface area (Å²) in [7, 11) is -2.22. The highest BCUT2D eigenvalue weighted by atomic mass is 32.2. The highest BCUT2D eigenvalue weighted by Crippen LogP contribution is 2.21. The van der Waals surface area contributed by atoms with Crippen molar-refractivity contribution in [2.24, 2.45) is 0 Å². The number of methoxy groups -OCH3 is 1. The molecule has 1 heterocycles. The van der Waals surface area contributed by atoms with Gasteiger partial charge in [0.25, 0.3) is 0 Å². The van der Waals surface area contributed by atoms with Gasteiger partial charge >= 0.3 is 5.97 Å². The summed E-state index contributed by atoms with van der Waals surface area (Å²) < 4.78 is 31.6. The molecule has 1 aromatic carbocycles. The predicted octanol–water partition coefficient (Wildman–Crippen LogP) is 0.0555. The van der Waals surface area contributed by atoms with E-state index in [-0.39, 0.29) is 36.9 Å². The first-order chi connectivity index (χ1) is 11.3. The standard InChI is InChI=1S/C15H20N2O6S/c1-23-11-9-13(15(19)20)17(10-11)14(18)7-8-16-24(21,22)12-5-3-2-4-6-12/h2-6,11,13,16H,7-10H2,1H3,(H,19,20). The normalized spacial score (nSPS) is 21.0. The molecule has 0 aliphatic carbocycles. The zero-order chi connectivity index (χ0) is 17.7. The molecule has 2 rings (SSSR count). The van der Waals surface area contributed by atoms with E-state index in [1.165, 1.54) is 24.1 Å². The van der Waals surface area contributed by atoms with Crippen molar-refractivity contribution in [1.29, 1.82) is 0 Å². The van der Waals surface area contributed by atoms with Crippen LogP contribution in [0.15, 0.2) is 35.2 Å². The molecule has 1 fully saturated rings. The Labute approximate surface area is 140 Å². The fourth-order valence-electron chi connectivity index (χ4n) is 2.60. The summed E-state index contributed by atoms with van der Waals surface area (Å²) >= 11 is 0. The number of hydrogen-bond acceptors (Lipinski definition) is 5. The minimum atomic E-state index is -3.69. The van der Waals surface area contributed by atoms with Gasteiger partial charge in [-0.05, 0) is 12.1 Å². The Hall–Kier alpha value is -1.97. The molecule has 24 heavy (non-hydrogen) atoms. The molecule has 1 amide bonds. The molecule has 0 bridgehead atoms. The molecule has 0 saturated carbocycles. The van der Waals surface area contributed by atoms with E-state index >= 15 is 0 Å². The molecular weight excluding hydrogens is 336 g/mol. The average Bonchev–Trinajstić information content (AvgIpc) is 3.00. The third kappa shape index (κ3) is 4.31. The van der Waals surface area contributed by atoms with Gasteiger partial charge in [0.15, 0.2) is 0 Å². The number of ether oxygens (including phenoxy) is 1. The van der Waals surface area contributed by atoms with E-state index in [4.69, 9.17) is 4.74 Å². The van der Waals surface area contributed by atoms with Crippen LogP contribution < -0.4 is 4.72 Å². The van der Waals surface area contributed by atoms with Crippen LogP contribution in [0.25, 0.3) is 0 Å². The smallest absolute Gasteiger partial charge is 0.326 e. The van der Waals surface area contributed by atoms with Gasteiger partial charge in [0.1, 0.15) is 6.04 Å². The Morgan fingerprint density at radius 1 is 1.33 bits per heavy atom. The first-order valence-electron chi connectivity index (χ1n) is 7.45. The van der Waals surface area contributed by atoms with Gasteiger partial charge in [-0.2, -0.15) is 0 Å². The SMILES string of the molecule is COC1CC(C(=O)O)N(C(=O)CCNS(=O)(=O)c2ccccc2)C1. The fraction of sp³-hybridized carbons (Fsp3) is 0.467. The van der Waals surface area contributed by atoms with Crippen LogP contribution in [0.1, 0.15) is 12.8 Å². The zero-order valence-corrected chi connectivity index (χ0v) is 14.0. The zero-order valence-electron chi connectivity index (χ0n) is 13.2.